The Morgan fingerprint density at radius 1 is 1.32 bits per heavy atom. The van der Waals surface area contributed by atoms with Crippen molar-refractivity contribution in [2.45, 2.75) is 29.5 Å². The number of hydrogen-bond donors (Lipinski definition) is 2. The summed E-state index contributed by atoms with van der Waals surface area (Å²) in [5.74, 6) is -3.48. The van der Waals surface area contributed by atoms with Crippen molar-refractivity contribution >= 4 is 21.6 Å². The lowest BCUT2D eigenvalue weighted by molar-refractivity contribution is 0.235. The highest BCUT2D eigenvalue weighted by atomic mass is 32.2. The van der Waals surface area contributed by atoms with E-state index in [9.17, 15) is 22.0 Å². The minimum absolute atomic E-state index is 0.146. The molecule has 0 saturated heterocycles. The van der Waals surface area contributed by atoms with Gasteiger partial charge in [0.1, 0.15) is 0 Å². The number of urea groups is 1. The number of carbonyl (C=O) groups is 1. The zero-order valence-electron chi connectivity index (χ0n) is 9.77. The Kier molecular flexibility index (Phi) is 3.70. The number of anilines is 1. The molecule has 1 aromatic rings. The number of benzene rings is 1. The molecule has 104 valence electrons. The van der Waals surface area contributed by atoms with Gasteiger partial charge in [-0.15, -0.1) is 0 Å². The highest BCUT2D eigenvalue weighted by Gasteiger charge is 2.27. The van der Waals surface area contributed by atoms with Crippen LogP contribution in [0.4, 0.5) is 19.3 Å². The van der Waals surface area contributed by atoms with Gasteiger partial charge in [-0.05, 0) is 31.0 Å². The summed E-state index contributed by atoms with van der Waals surface area (Å²) in [5, 5.41) is 5.04. The van der Waals surface area contributed by atoms with E-state index in [1.807, 2.05) is 0 Å². The van der Waals surface area contributed by atoms with Crippen LogP contribution in [0.15, 0.2) is 29.2 Å². The predicted octanol–water partition coefficient (Wildman–Crippen LogP) is 1.97. The maximum atomic E-state index is 12.4. The molecule has 1 aromatic carbocycles. The minimum atomic E-state index is -4.65. The summed E-state index contributed by atoms with van der Waals surface area (Å²) in [6, 6.07) is 4.46. The summed E-state index contributed by atoms with van der Waals surface area (Å²) in [5.41, 5.74) is 0.153. The van der Waals surface area contributed by atoms with Gasteiger partial charge >= 0.3 is 11.8 Å². The molecule has 0 heterocycles. The molecule has 0 aromatic heterocycles. The van der Waals surface area contributed by atoms with Crippen LogP contribution in [0.2, 0.25) is 0 Å². The predicted molar refractivity (Wildman–Crippen MR) is 64.8 cm³/mol. The van der Waals surface area contributed by atoms with Gasteiger partial charge in [0.05, 0.1) is 4.90 Å². The van der Waals surface area contributed by atoms with Crippen molar-refractivity contribution < 1.29 is 22.0 Å². The molecule has 1 fully saturated rings. The second-order valence-electron chi connectivity index (χ2n) is 4.21. The fraction of sp³-hybridized carbons (Fsp3) is 0.364. The molecule has 0 aliphatic heterocycles. The molecule has 19 heavy (non-hydrogen) atoms. The van der Waals surface area contributed by atoms with E-state index in [1.165, 1.54) is 12.1 Å². The SMILES string of the molecule is O=C(Nc1cccc(S(=O)(=O)C(F)F)c1)NC1CC1. The molecule has 8 heteroatoms. The van der Waals surface area contributed by atoms with E-state index in [2.05, 4.69) is 10.6 Å². The van der Waals surface area contributed by atoms with Crippen molar-refractivity contribution in [3.8, 4) is 0 Å². The summed E-state index contributed by atoms with van der Waals surface area (Å²) in [7, 11) is -4.65. The number of alkyl halides is 2. The van der Waals surface area contributed by atoms with Crippen LogP contribution in [-0.4, -0.2) is 26.2 Å². The Labute approximate surface area is 108 Å². The first-order valence-corrected chi connectivity index (χ1v) is 7.14. The van der Waals surface area contributed by atoms with E-state index in [0.29, 0.717) is 0 Å². The molecule has 1 saturated carbocycles. The summed E-state index contributed by atoms with van der Waals surface area (Å²) in [6.07, 6.45) is 1.82. The summed E-state index contributed by atoms with van der Waals surface area (Å²) < 4.78 is 47.3. The molecule has 1 aliphatic carbocycles. The van der Waals surface area contributed by atoms with Crippen molar-refractivity contribution in [1.29, 1.82) is 0 Å². The largest absolute Gasteiger partial charge is 0.341 e. The second-order valence-corrected chi connectivity index (χ2v) is 6.12. The average Bonchev–Trinajstić information content (AvgIpc) is 3.12. The van der Waals surface area contributed by atoms with Gasteiger partial charge < -0.3 is 10.6 Å². The normalized spacial score (nSPS) is 15.3. The molecule has 0 atom stereocenters. The first-order chi connectivity index (χ1) is 8.89. The van der Waals surface area contributed by atoms with Gasteiger partial charge in [0.2, 0.25) is 9.84 Å². The fourth-order valence-corrected chi connectivity index (χ4v) is 2.20. The van der Waals surface area contributed by atoms with Crippen LogP contribution in [0.25, 0.3) is 0 Å². The standard InChI is InChI=1S/C11H12F2N2O3S/c12-10(13)19(17,18)9-3-1-2-8(6-9)15-11(16)14-7-4-5-7/h1-3,6-7,10H,4-5H2,(H2,14,15,16). The van der Waals surface area contributed by atoms with Crippen LogP contribution in [-0.2, 0) is 9.84 Å². The van der Waals surface area contributed by atoms with Gasteiger partial charge in [-0.25, -0.2) is 13.2 Å². The first kappa shape index (κ1) is 13.7. The quantitative estimate of drug-likeness (QED) is 0.890. The Bertz CT molecular complexity index is 585. The van der Waals surface area contributed by atoms with Gasteiger partial charge in [-0.2, -0.15) is 8.78 Å². The Morgan fingerprint density at radius 3 is 2.58 bits per heavy atom. The van der Waals surface area contributed by atoms with Gasteiger partial charge in [-0.1, -0.05) is 6.07 Å². The first-order valence-electron chi connectivity index (χ1n) is 5.59. The Balaban J connectivity index is 2.12. The van der Waals surface area contributed by atoms with E-state index in [1.54, 1.807) is 0 Å². The highest BCUT2D eigenvalue weighted by Crippen LogP contribution is 2.22. The molecule has 0 unspecified atom stereocenters. The molecule has 0 bridgehead atoms. The monoisotopic (exact) mass is 290 g/mol. The zero-order chi connectivity index (χ0) is 14.0. The Morgan fingerprint density at radius 2 is 2.00 bits per heavy atom. The van der Waals surface area contributed by atoms with E-state index in [0.717, 1.165) is 25.0 Å². The maximum Gasteiger partial charge on any atom is 0.341 e. The topological polar surface area (TPSA) is 75.3 Å². The molecule has 0 spiro atoms. The van der Waals surface area contributed by atoms with Crippen LogP contribution >= 0.6 is 0 Å². The number of carbonyl (C=O) groups excluding carboxylic acids is 1. The molecule has 5 nitrogen and oxygen atoms in total. The van der Waals surface area contributed by atoms with Gasteiger partial charge in [0.15, 0.2) is 0 Å². The van der Waals surface area contributed by atoms with Crippen molar-refractivity contribution in [3.63, 3.8) is 0 Å². The number of nitrogens with one attached hydrogen (secondary N) is 2. The number of rotatable bonds is 4. The summed E-state index contributed by atoms with van der Waals surface area (Å²) in [4.78, 5) is 10.9. The van der Waals surface area contributed by atoms with E-state index >= 15 is 0 Å². The van der Waals surface area contributed by atoms with E-state index in [-0.39, 0.29) is 11.7 Å². The third-order valence-electron chi connectivity index (χ3n) is 2.57. The molecule has 2 amide bonds. The molecular weight excluding hydrogens is 278 g/mol. The van der Waals surface area contributed by atoms with Gasteiger partial charge in [-0.3, -0.25) is 0 Å². The lowest BCUT2D eigenvalue weighted by Gasteiger charge is -2.08. The van der Waals surface area contributed by atoms with E-state index < -0.39 is 26.5 Å². The fourth-order valence-electron chi connectivity index (χ4n) is 1.43. The zero-order valence-corrected chi connectivity index (χ0v) is 10.6. The van der Waals surface area contributed by atoms with Crippen molar-refractivity contribution in [2.75, 3.05) is 5.32 Å². The molecule has 0 radical (unpaired) electrons. The third-order valence-corrected chi connectivity index (χ3v) is 3.95. The lowest BCUT2D eigenvalue weighted by atomic mass is 10.3. The number of hydrogen-bond acceptors (Lipinski definition) is 3. The summed E-state index contributed by atoms with van der Waals surface area (Å²) >= 11 is 0. The van der Waals surface area contributed by atoms with Crippen molar-refractivity contribution in [3.05, 3.63) is 24.3 Å². The minimum Gasteiger partial charge on any atom is -0.335 e. The molecule has 2 N–H and O–H groups in total. The smallest absolute Gasteiger partial charge is 0.335 e. The molecule has 2 rings (SSSR count). The van der Waals surface area contributed by atoms with Crippen LogP contribution < -0.4 is 10.6 Å². The van der Waals surface area contributed by atoms with Gasteiger partial charge in [0, 0.05) is 11.7 Å². The number of sulfone groups is 1. The third kappa shape index (κ3) is 3.40. The molecule has 1 aliphatic rings. The van der Waals surface area contributed by atoms with Crippen LogP contribution in [0, 0.1) is 0 Å². The second kappa shape index (κ2) is 5.12. The lowest BCUT2D eigenvalue weighted by Crippen LogP contribution is -2.30. The highest BCUT2D eigenvalue weighted by molar-refractivity contribution is 7.91. The van der Waals surface area contributed by atoms with Crippen molar-refractivity contribution in [2.24, 2.45) is 0 Å². The van der Waals surface area contributed by atoms with Crippen molar-refractivity contribution in [1.82, 2.24) is 5.32 Å². The maximum absolute atomic E-state index is 12.4. The number of amides is 2. The van der Waals surface area contributed by atoms with E-state index in [4.69, 9.17) is 0 Å². The molecular formula is C11H12F2N2O3S. The number of halogens is 2. The Hall–Kier alpha value is -1.70. The average molecular weight is 290 g/mol. The van der Waals surface area contributed by atoms with Crippen LogP contribution in [0.3, 0.4) is 0 Å². The van der Waals surface area contributed by atoms with Crippen LogP contribution in [0.5, 0.6) is 0 Å². The van der Waals surface area contributed by atoms with Crippen LogP contribution in [0.1, 0.15) is 12.8 Å². The van der Waals surface area contributed by atoms with Gasteiger partial charge in [0.25, 0.3) is 0 Å². The summed E-state index contributed by atoms with van der Waals surface area (Å²) in [6.45, 7) is 0.